The van der Waals surface area contributed by atoms with Crippen molar-refractivity contribution in [2.45, 2.75) is 18.1 Å². The summed E-state index contributed by atoms with van der Waals surface area (Å²) in [4.78, 5) is 0.112. The number of rotatable bonds is 6. The number of aryl methyl sites for hydroxylation is 1. The third-order valence-corrected chi connectivity index (χ3v) is 4.90. The molecule has 2 aromatic carbocycles. The Bertz CT molecular complexity index is 871. The van der Waals surface area contributed by atoms with Gasteiger partial charge in [-0.1, -0.05) is 17.7 Å². The molecular formula is C18H18O6S. The topological polar surface area (TPSA) is 82.1 Å². The Hall–Kier alpha value is -2.35. The third kappa shape index (κ3) is 4.39. The summed E-state index contributed by atoms with van der Waals surface area (Å²) in [6, 6.07) is 11.6. The maximum absolute atomic E-state index is 12.0. The van der Waals surface area contributed by atoms with Gasteiger partial charge in [0, 0.05) is 11.6 Å². The van der Waals surface area contributed by atoms with Crippen LogP contribution >= 0.6 is 0 Å². The maximum atomic E-state index is 12.0. The Balaban J connectivity index is 1.54. The Morgan fingerprint density at radius 2 is 1.88 bits per heavy atom. The van der Waals surface area contributed by atoms with Crippen LogP contribution in [0.3, 0.4) is 0 Å². The van der Waals surface area contributed by atoms with Gasteiger partial charge in [0.25, 0.3) is 10.1 Å². The minimum atomic E-state index is -3.80. The molecule has 25 heavy (non-hydrogen) atoms. The molecule has 0 aromatic heterocycles. The van der Waals surface area contributed by atoms with Crippen molar-refractivity contribution in [1.29, 1.82) is 0 Å². The molecule has 3 rings (SSSR count). The zero-order chi connectivity index (χ0) is 17.9. The zero-order valence-corrected chi connectivity index (χ0v) is 14.4. The number of hydrogen-bond acceptors (Lipinski definition) is 6. The number of hydrogen-bond donors (Lipinski definition) is 1. The number of aliphatic hydroxyl groups is 1. The van der Waals surface area contributed by atoms with Gasteiger partial charge in [0.1, 0.15) is 24.7 Å². The van der Waals surface area contributed by atoms with Gasteiger partial charge in [0.15, 0.2) is 0 Å². The summed E-state index contributed by atoms with van der Waals surface area (Å²) in [5, 5.41) is 9.44. The van der Waals surface area contributed by atoms with E-state index in [0.717, 1.165) is 11.1 Å². The van der Waals surface area contributed by atoms with Crippen molar-refractivity contribution >= 4 is 16.2 Å². The van der Waals surface area contributed by atoms with Crippen LogP contribution < -0.4 is 9.47 Å². The van der Waals surface area contributed by atoms with Gasteiger partial charge in [-0.25, -0.2) is 0 Å². The smallest absolute Gasteiger partial charge is 0.297 e. The Kier molecular flexibility index (Phi) is 5.08. The standard InChI is InChI=1S/C18H18O6S/c1-13-2-7-16(8-3-13)25(20,21)23-11-10-22-15-6-4-14-5-9-18(19)24-17(14)12-15/h2-9,12,18-19H,10-11H2,1H3. The average Bonchev–Trinajstić information content (AvgIpc) is 2.59. The van der Waals surface area contributed by atoms with Crippen LogP contribution in [0.15, 0.2) is 53.4 Å². The highest BCUT2D eigenvalue weighted by molar-refractivity contribution is 7.86. The largest absolute Gasteiger partial charge is 0.491 e. The molecule has 2 aromatic rings. The molecule has 1 unspecified atom stereocenters. The minimum Gasteiger partial charge on any atom is -0.491 e. The van der Waals surface area contributed by atoms with Gasteiger partial charge in [-0.3, -0.25) is 4.18 Å². The molecule has 0 saturated carbocycles. The van der Waals surface area contributed by atoms with Gasteiger partial charge in [0.2, 0.25) is 6.29 Å². The number of aliphatic hydroxyl groups excluding tert-OH is 1. The minimum absolute atomic E-state index is 0.0578. The molecule has 0 saturated heterocycles. The molecule has 7 heteroatoms. The van der Waals surface area contributed by atoms with Crippen molar-refractivity contribution < 1.29 is 27.2 Å². The second-order valence-electron chi connectivity index (χ2n) is 5.50. The predicted molar refractivity (Wildman–Crippen MR) is 91.9 cm³/mol. The van der Waals surface area contributed by atoms with Gasteiger partial charge in [-0.15, -0.1) is 0 Å². The molecule has 0 radical (unpaired) electrons. The average molecular weight is 362 g/mol. The van der Waals surface area contributed by atoms with E-state index >= 15 is 0 Å². The number of benzene rings is 2. The van der Waals surface area contributed by atoms with E-state index in [9.17, 15) is 13.5 Å². The van der Waals surface area contributed by atoms with Crippen LogP contribution in [0, 0.1) is 6.92 Å². The predicted octanol–water partition coefficient (Wildman–Crippen LogP) is 2.50. The first-order chi connectivity index (χ1) is 11.9. The summed E-state index contributed by atoms with van der Waals surface area (Å²) in [6.07, 6.45) is 2.31. The highest BCUT2D eigenvalue weighted by Crippen LogP contribution is 2.29. The summed E-state index contributed by atoms with van der Waals surface area (Å²) in [7, 11) is -3.80. The van der Waals surface area contributed by atoms with Crippen LogP contribution in [0.2, 0.25) is 0 Å². The first kappa shape index (κ1) is 17.5. The molecule has 6 nitrogen and oxygen atoms in total. The lowest BCUT2D eigenvalue weighted by atomic mass is 10.1. The van der Waals surface area contributed by atoms with Gasteiger partial charge < -0.3 is 14.6 Å². The molecule has 1 heterocycles. The van der Waals surface area contributed by atoms with Crippen molar-refractivity contribution in [2.75, 3.05) is 13.2 Å². The van der Waals surface area contributed by atoms with Gasteiger partial charge in [-0.2, -0.15) is 8.42 Å². The summed E-state index contributed by atoms with van der Waals surface area (Å²) in [5.74, 6) is 0.998. The second-order valence-corrected chi connectivity index (χ2v) is 7.12. The van der Waals surface area contributed by atoms with E-state index in [1.165, 1.54) is 18.2 Å². The van der Waals surface area contributed by atoms with Crippen LogP contribution in [0.5, 0.6) is 11.5 Å². The van der Waals surface area contributed by atoms with Gasteiger partial charge in [0.05, 0.1) is 4.90 Å². The van der Waals surface area contributed by atoms with Crippen LogP contribution in [-0.4, -0.2) is 33.0 Å². The molecule has 0 bridgehead atoms. The Morgan fingerprint density at radius 3 is 2.64 bits per heavy atom. The Labute approximate surface area is 146 Å². The molecule has 0 spiro atoms. The first-order valence-electron chi connectivity index (χ1n) is 7.70. The Morgan fingerprint density at radius 1 is 1.12 bits per heavy atom. The molecule has 0 amide bonds. The van der Waals surface area contributed by atoms with Crippen LogP contribution in [0.25, 0.3) is 6.08 Å². The molecular weight excluding hydrogens is 344 g/mol. The fourth-order valence-corrected chi connectivity index (χ4v) is 3.17. The van der Waals surface area contributed by atoms with E-state index in [2.05, 4.69) is 0 Å². The molecule has 1 aliphatic heterocycles. The van der Waals surface area contributed by atoms with Crippen molar-refractivity contribution in [1.82, 2.24) is 0 Å². The maximum Gasteiger partial charge on any atom is 0.297 e. The van der Waals surface area contributed by atoms with Crippen LogP contribution in [-0.2, 0) is 14.3 Å². The fourth-order valence-electron chi connectivity index (χ4n) is 2.28. The molecule has 0 fully saturated rings. The SMILES string of the molecule is Cc1ccc(S(=O)(=O)OCCOc2ccc3c(c2)OC(O)C=C3)cc1. The van der Waals surface area contributed by atoms with Crippen molar-refractivity contribution in [3.8, 4) is 11.5 Å². The fraction of sp³-hybridized carbons (Fsp3) is 0.222. The van der Waals surface area contributed by atoms with E-state index < -0.39 is 16.4 Å². The monoisotopic (exact) mass is 362 g/mol. The summed E-state index contributed by atoms with van der Waals surface area (Å²) < 4.78 is 39.8. The van der Waals surface area contributed by atoms with Crippen molar-refractivity contribution in [3.63, 3.8) is 0 Å². The normalized spacial score (nSPS) is 16.2. The lowest BCUT2D eigenvalue weighted by molar-refractivity contribution is 0.0229. The van der Waals surface area contributed by atoms with Crippen LogP contribution in [0.4, 0.5) is 0 Å². The third-order valence-electron chi connectivity index (χ3n) is 3.57. The number of fused-ring (bicyclic) bond motifs is 1. The quantitative estimate of drug-likeness (QED) is 0.628. The molecule has 1 N–H and O–H groups in total. The highest BCUT2D eigenvalue weighted by atomic mass is 32.2. The molecule has 1 aliphatic rings. The first-order valence-corrected chi connectivity index (χ1v) is 9.11. The van der Waals surface area contributed by atoms with E-state index in [1.807, 2.05) is 6.92 Å². The molecule has 132 valence electrons. The van der Waals surface area contributed by atoms with E-state index in [4.69, 9.17) is 13.7 Å². The van der Waals surface area contributed by atoms with E-state index in [-0.39, 0.29) is 18.1 Å². The summed E-state index contributed by atoms with van der Waals surface area (Å²) in [5.41, 5.74) is 1.80. The van der Waals surface area contributed by atoms with Crippen LogP contribution in [0.1, 0.15) is 11.1 Å². The van der Waals surface area contributed by atoms with Crippen molar-refractivity contribution in [3.05, 3.63) is 59.7 Å². The molecule has 1 atom stereocenters. The van der Waals surface area contributed by atoms with E-state index in [1.54, 1.807) is 36.4 Å². The lowest BCUT2D eigenvalue weighted by Crippen LogP contribution is -2.16. The van der Waals surface area contributed by atoms with Crippen molar-refractivity contribution in [2.24, 2.45) is 0 Å². The highest BCUT2D eigenvalue weighted by Gasteiger charge is 2.15. The molecule has 0 aliphatic carbocycles. The second kappa shape index (κ2) is 7.26. The summed E-state index contributed by atoms with van der Waals surface area (Å²) in [6.45, 7) is 1.82. The van der Waals surface area contributed by atoms with E-state index in [0.29, 0.717) is 11.5 Å². The number of ether oxygens (including phenoxy) is 2. The zero-order valence-electron chi connectivity index (χ0n) is 13.6. The van der Waals surface area contributed by atoms with Gasteiger partial charge in [-0.05, 0) is 43.3 Å². The summed E-state index contributed by atoms with van der Waals surface area (Å²) >= 11 is 0. The lowest BCUT2D eigenvalue weighted by Gasteiger charge is -2.18. The van der Waals surface area contributed by atoms with Gasteiger partial charge >= 0.3 is 0 Å².